The Balaban J connectivity index is 2.22. The van der Waals surface area contributed by atoms with Crippen LogP contribution in [0.3, 0.4) is 0 Å². The lowest BCUT2D eigenvalue weighted by molar-refractivity contribution is -0.141. The van der Waals surface area contributed by atoms with E-state index in [1.807, 2.05) is 0 Å². The van der Waals surface area contributed by atoms with Crippen LogP contribution in [0.1, 0.15) is 19.3 Å². The van der Waals surface area contributed by atoms with Crippen LogP contribution >= 0.6 is 0 Å². The van der Waals surface area contributed by atoms with E-state index in [-0.39, 0.29) is 11.9 Å². The van der Waals surface area contributed by atoms with Gasteiger partial charge in [0.15, 0.2) is 0 Å². The highest BCUT2D eigenvalue weighted by Crippen LogP contribution is 2.20. The third kappa shape index (κ3) is 3.32. The molecule has 13 heavy (non-hydrogen) atoms. The molecule has 0 aliphatic carbocycles. The van der Waals surface area contributed by atoms with Gasteiger partial charge >= 0.3 is 5.97 Å². The molecule has 1 aliphatic heterocycles. The Labute approximate surface area is 77.8 Å². The number of esters is 1. The molecule has 0 saturated carbocycles. The Bertz CT molecular complexity index is 169. The molecule has 1 N–H and O–H groups in total. The van der Waals surface area contributed by atoms with Gasteiger partial charge in [-0.3, -0.25) is 4.79 Å². The first-order valence-electron chi connectivity index (χ1n) is 4.56. The molecule has 76 valence electrons. The molecule has 1 fully saturated rings. The lowest BCUT2D eigenvalue weighted by atomic mass is 9.92. The summed E-state index contributed by atoms with van der Waals surface area (Å²) in [5, 5.41) is 9.48. The summed E-state index contributed by atoms with van der Waals surface area (Å²) in [5.41, 5.74) is 0. The maximum absolute atomic E-state index is 10.8. The van der Waals surface area contributed by atoms with Gasteiger partial charge in [-0.25, -0.2) is 0 Å². The number of hydrogen-bond acceptors (Lipinski definition) is 4. The SMILES string of the molecule is COC(=O)CC[C@H]1CCOC[C@H]1O. The number of ether oxygens (including phenoxy) is 2. The van der Waals surface area contributed by atoms with Gasteiger partial charge in [0, 0.05) is 13.0 Å². The predicted octanol–water partition coefficient (Wildman–Crippen LogP) is 0.337. The smallest absolute Gasteiger partial charge is 0.305 e. The fraction of sp³-hybridized carbons (Fsp3) is 0.889. The molecule has 4 nitrogen and oxygen atoms in total. The molecule has 1 aliphatic rings. The van der Waals surface area contributed by atoms with E-state index in [0.29, 0.717) is 26.1 Å². The number of carbonyl (C=O) groups excluding carboxylic acids is 1. The molecule has 0 aromatic rings. The minimum atomic E-state index is -0.418. The molecular formula is C9H16O4. The average Bonchev–Trinajstić information content (AvgIpc) is 2.16. The standard InChI is InChI=1S/C9H16O4/c1-12-9(11)3-2-7-4-5-13-6-8(7)10/h7-8,10H,2-6H2,1H3/t7-,8+/m0/s1. The summed E-state index contributed by atoms with van der Waals surface area (Å²) in [6.07, 6.45) is 1.49. The Hall–Kier alpha value is -0.610. The first kappa shape index (κ1) is 10.5. The summed E-state index contributed by atoms with van der Waals surface area (Å²) < 4.78 is 9.60. The molecule has 0 unspecified atom stereocenters. The number of aliphatic hydroxyl groups is 1. The first-order valence-corrected chi connectivity index (χ1v) is 4.56. The van der Waals surface area contributed by atoms with Gasteiger partial charge in [-0.15, -0.1) is 0 Å². The van der Waals surface area contributed by atoms with Gasteiger partial charge in [0.1, 0.15) is 0 Å². The second kappa shape index (κ2) is 5.19. The lowest BCUT2D eigenvalue weighted by Crippen LogP contribution is -2.32. The highest BCUT2D eigenvalue weighted by molar-refractivity contribution is 5.69. The number of hydrogen-bond donors (Lipinski definition) is 1. The van der Waals surface area contributed by atoms with Crippen molar-refractivity contribution in [1.29, 1.82) is 0 Å². The van der Waals surface area contributed by atoms with Crippen LogP contribution in [0.4, 0.5) is 0 Å². The van der Waals surface area contributed by atoms with Crippen LogP contribution in [0, 0.1) is 5.92 Å². The summed E-state index contributed by atoms with van der Waals surface area (Å²) in [7, 11) is 1.38. The molecular weight excluding hydrogens is 172 g/mol. The molecule has 0 amide bonds. The molecule has 0 bridgehead atoms. The third-order valence-electron chi connectivity index (χ3n) is 2.41. The third-order valence-corrected chi connectivity index (χ3v) is 2.41. The van der Waals surface area contributed by atoms with Crippen LogP contribution in [-0.2, 0) is 14.3 Å². The van der Waals surface area contributed by atoms with Crippen molar-refractivity contribution in [2.75, 3.05) is 20.3 Å². The van der Waals surface area contributed by atoms with Crippen molar-refractivity contribution < 1.29 is 19.4 Å². The van der Waals surface area contributed by atoms with Crippen molar-refractivity contribution in [2.45, 2.75) is 25.4 Å². The number of methoxy groups -OCH3 is 1. The van der Waals surface area contributed by atoms with Gasteiger partial charge in [0.05, 0.1) is 19.8 Å². The summed E-state index contributed by atoms with van der Waals surface area (Å²) in [4.78, 5) is 10.8. The summed E-state index contributed by atoms with van der Waals surface area (Å²) in [6, 6.07) is 0. The lowest BCUT2D eigenvalue weighted by Gasteiger charge is -2.27. The van der Waals surface area contributed by atoms with E-state index >= 15 is 0 Å². The largest absolute Gasteiger partial charge is 0.469 e. The quantitative estimate of drug-likeness (QED) is 0.649. The topological polar surface area (TPSA) is 55.8 Å². The van der Waals surface area contributed by atoms with Crippen molar-refractivity contribution in [3.63, 3.8) is 0 Å². The molecule has 4 heteroatoms. The highest BCUT2D eigenvalue weighted by Gasteiger charge is 2.23. The van der Waals surface area contributed by atoms with Gasteiger partial charge < -0.3 is 14.6 Å². The van der Waals surface area contributed by atoms with E-state index in [2.05, 4.69) is 4.74 Å². The normalized spacial score (nSPS) is 28.5. The molecule has 0 aromatic carbocycles. The second-order valence-corrected chi connectivity index (χ2v) is 3.31. The minimum Gasteiger partial charge on any atom is -0.469 e. The maximum atomic E-state index is 10.8. The summed E-state index contributed by atoms with van der Waals surface area (Å²) in [6.45, 7) is 1.08. The molecule has 0 aromatic heterocycles. The Kier molecular flexibility index (Phi) is 4.18. The summed E-state index contributed by atoms with van der Waals surface area (Å²) >= 11 is 0. The zero-order chi connectivity index (χ0) is 9.68. The number of aliphatic hydroxyl groups excluding tert-OH is 1. The van der Waals surface area contributed by atoms with Crippen molar-refractivity contribution >= 4 is 5.97 Å². The summed E-state index contributed by atoms with van der Waals surface area (Å²) in [5.74, 6) is -0.0217. The highest BCUT2D eigenvalue weighted by atomic mass is 16.5. The van der Waals surface area contributed by atoms with Crippen molar-refractivity contribution in [1.82, 2.24) is 0 Å². The fourth-order valence-electron chi connectivity index (χ4n) is 1.51. The molecule has 0 spiro atoms. The molecule has 1 heterocycles. The second-order valence-electron chi connectivity index (χ2n) is 3.31. The molecule has 1 saturated heterocycles. The fourth-order valence-corrected chi connectivity index (χ4v) is 1.51. The van der Waals surface area contributed by atoms with Crippen LogP contribution in [-0.4, -0.2) is 37.5 Å². The van der Waals surface area contributed by atoms with E-state index in [0.717, 1.165) is 6.42 Å². The monoisotopic (exact) mass is 188 g/mol. The number of rotatable bonds is 3. The van der Waals surface area contributed by atoms with E-state index < -0.39 is 6.10 Å². The van der Waals surface area contributed by atoms with Crippen LogP contribution in [0.5, 0.6) is 0 Å². The van der Waals surface area contributed by atoms with E-state index in [1.54, 1.807) is 0 Å². The zero-order valence-electron chi connectivity index (χ0n) is 7.86. The van der Waals surface area contributed by atoms with Gasteiger partial charge in [-0.2, -0.15) is 0 Å². The number of carbonyl (C=O) groups is 1. The Morgan fingerprint density at radius 3 is 3.08 bits per heavy atom. The Morgan fingerprint density at radius 2 is 2.46 bits per heavy atom. The molecule has 2 atom stereocenters. The van der Waals surface area contributed by atoms with Gasteiger partial charge in [-0.1, -0.05) is 0 Å². The Morgan fingerprint density at radius 1 is 1.69 bits per heavy atom. The van der Waals surface area contributed by atoms with E-state index in [9.17, 15) is 9.90 Å². The van der Waals surface area contributed by atoms with Crippen LogP contribution in [0.25, 0.3) is 0 Å². The van der Waals surface area contributed by atoms with Crippen LogP contribution in [0.2, 0.25) is 0 Å². The molecule has 1 rings (SSSR count). The van der Waals surface area contributed by atoms with Gasteiger partial charge in [-0.05, 0) is 18.8 Å². The van der Waals surface area contributed by atoms with Crippen molar-refractivity contribution in [3.05, 3.63) is 0 Å². The average molecular weight is 188 g/mol. The van der Waals surface area contributed by atoms with Gasteiger partial charge in [0.25, 0.3) is 0 Å². The first-order chi connectivity index (χ1) is 6.24. The van der Waals surface area contributed by atoms with Crippen molar-refractivity contribution in [3.8, 4) is 0 Å². The van der Waals surface area contributed by atoms with Crippen molar-refractivity contribution in [2.24, 2.45) is 5.92 Å². The minimum absolute atomic E-state index is 0.188. The molecule has 0 radical (unpaired) electrons. The van der Waals surface area contributed by atoms with E-state index in [4.69, 9.17) is 4.74 Å². The van der Waals surface area contributed by atoms with Crippen LogP contribution in [0.15, 0.2) is 0 Å². The van der Waals surface area contributed by atoms with Crippen LogP contribution < -0.4 is 0 Å². The maximum Gasteiger partial charge on any atom is 0.305 e. The predicted molar refractivity (Wildman–Crippen MR) is 46.2 cm³/mol. The van der Waals surface area contributed by atoms with Gasteiger partial charge in [0.2, 0.25) is 0 Å². The van der Waals surface area contributed by atoms with E-state index in [1.165, 1.54) is 7.11 Å². The zero-order valence-corrected chi connectivity index (χ0v) is 7.86.